The van der Waals surface area contributed by atoms with Crippen LogP contribution in [0.1, 0.15) is 17.4 Å². The molecule has 2 aromatic carbocycles. The van der Waals surface area contributed by atoms with E-state index in [1.165, 1.54) is 29.8 Å². The average Bonchev–Trinajstić information content (AvgIpc) is 3.14. The number of hydrogen-bond donors (Lipinski definition) is 2. The highest BCUT2D eigenvalue weighted by molar-refractivity contribution is 6.30. The van der Waals surface area contributed by atoms with Gasteiger partial charge in [-0.05, 0) is 35.9 Å². The van der Waals surface area contributed by atoms with Crippen molar-refractivity contribution in [2.75, 3.05) is 6.61 Å². The molecule has 5 rings (SSSR count). The number of halogens is 1. The Hall–Kier alpha value is -3.49. The van der Waals surface area contributed by atoms with Crippen molar-refractivity contribution in [1.82, 2.24) is 13.7 Å². The number of rotatable bonds is 2. The van der Waals surface area contributed by atoms with Gasteiger partial charge >= 0.3 is 5.69 Å². The Morgan fingerprint density at radius 2 is 1.75 bits per heavy atom. The van der Waals surface area contributed by atoms with Crippen molar-refractivity contribution < 1.29 is 14.9 Å². The maximum atomic E-state index is 13.3. The standard InChI is InChI=1S/C23H20ClN3O5/c1-25-19-17(22(30)26(2)23(25)31)18(12-3-5-13(24)6-4-12)27-9-10-32-21(20(19)27)15-11-14(28)7-8-16(15)29/h3-8,11,21,28-29H,9-10H2,1-2H3. The Bertz CT molecular complexity index is 1500. The molecule has 0 bridgehead atoms. The van der Waals surface area contributed by atoms with Crippen LogP contribution in [-0.4, -0.2) is 30.5 Å². The fourth-order valence-electron chi connectivity index (χ4n) is 4.48. The van der Waals surface area contributed by atoms with Crippen LogP contribution in [0, 0.1) is 0 Å². The molecule has 3 heterocycles. The van der Waals surface area contributed by atoms with E-state index in [0.29, 0.717) is 46.0 Å². The second-order valence-electron chi connectivity index (χ2n) is 7.82. The van der Waals surface area contributed by atoms with E-state index in [-0.39, 0.29) is 11.5 Å². The number of benzene rings is 2. The first-order valence-electron chi connectivity index (χ1n) is 10.0. The second-order valence-corrected chi connectivity index (χ2v) is 8.25. The molecule has 0 spiro atoms. The minimum atomic E-state index is -0.794. The molecule has 0 fully saturated rings. The highest BCUT2D eigenvalue weighted by Gasteiger charge is 2.34. The van der Waals surface area contributed by atoms with Gasteiger partial charge in [-0.25, -0.2) is 4.79 Å². The summed E-state index contributed by atoms with van der Waals surface area (Å²) in [6, 6.07) is 11.3. The third-order valence-electron chi connectivity index (χ3n) is 5.96. The third kappa shape index (κ3) is 2.87. The number of aromatic hydroxyl groups is 2. The lowest BCUT2D eigenvalue weighted by molar-refractivity contribution is 0.0463. The first-order chi connectivity index (χ1) is 15.3. The average molecular weight is 454 g/mol. The van der Waals surface area contributed by atoms with Gasteiger partial charge in [0.2, 0.25) is 0 Å². The van der Waals surface area contributed by atoms with E-state index in [9.17, 15) is 19.8 Å². The summed E-state index contributed by atoms with van der Waals surface area (Å²) in [6.07, 6.45) is -0.794. The van der Waals surface area contributed by atoms with Gasteiger partial charge in [0.15, 0.2) is 0 Å². The van der Waals surface area contributed by atoms with Crippen molar-refractivity contribution in [1.29, 1.82) is 0 Å². The first kappa shape index (κ1) is 20.4. The second kappa shape index (κ2) is 7.29. The van der Waals surface area contributed by atoms with Crippen LogP contribution in [-0.2, 0) is 25.4 Å². The zero-order valence-corrected chi connectivity index (χ0v) is 18.1. The lowest BCUT2D eigenvalue weighted by Crippen LogP contribution is -2.37. The monoisotopic (exact) mass is 453 g/mol. The van der Waals surface area contributed by atoms with Crippen LogP contribution < -0.4 is 11.2 Å². The summed E-state index contributed by atoms with van der Waals surface area (Å²) in [6.45, 7) is 0.748. The van der Waals surface area contributed by atoms with Crippen LogP contribution in [0.3, 0.4) is 0 Å². The number of ether oxygens (including phenoxy) is 1. The molecule has 1 aliphatic heterocycles. The fraction of sp³-hybridized carbons (Fsp3) is 0.217. The van der Waals surface area contributed by atoms with E-state index in [2.05, 4.69) is 0 Å². The van der Waals surface area contributed by atoms with Gasteiger partial charge in [0.1, 0.15) is 17.6 Å². The summed E-state index contributed by atoms with van der Waals surface area (Å²) in [5, 5.41) is 21.5. The van der Waals surface area contributed by atoms with E-state index in [1.807, 2.05) is 16.7 Å². The number of nitrogens with zero attached hydrogens (tertiary/aromatic N) is 3. The van der Waals surface area contributed by atoms with Gasteiger partial charge < -0.3 is 19.5 Å². The number of phenolic OH excluding ortho intramolecular Hbond substituents is 2. The summed E-state index contributed by atoms with van der Waals surface area (Å²) in [5.41, 5.74) is 1.86. The number of phenols is 2. The van der Waals surface area contributed by atoms with Crippen LogP contribution >= 0.6 is 11.6 Å². The zero-order chi connectivity index (χ0) is 22.7. The van der Waals surface area contributed by atoms with Gasteiger partial charge in [0, 0.05) is 31.2 Å². The Kier molecular flexibility index (Phi) is 4.65. The molecule has 0 aliphatic carbocycles. The number of aryl methyl sites for hydroxylation is 1. The summed E-state index contributed by atoms with van der Waals surface area (Å²) in [4.78, 5) is 26.1. The molecule has 0 saturated carbocycles. The predicted octanol–water partition coefficient (Wildman–Crippen LogP) is 2.89. The van der Waals surface area contributed by atoms with Crippen LogP contribution in [0.15, 0.2) is 52.1 Å². The van der Waals surface area contributed by atoms with Gasteiger partial charge in [-0.1, -0.05) is 23.7 Å². The highest BCUT2D eigenvalue weighted by Crippen LogP contribution is 2.43. The van der Waals surface area contributed by atoms with Crippen molar-refractivity contribution in [3.05, 3.63) is 79.6 Å². The van der Waals surface area contributed by atoms with E-state index >= 15 is 0 Å². The lowest BCUT2D eigenvalue weighted by atomic mass is 10.0. The Labute approximate surface area is 187 Å². The maximum Gasteiger partial charge on any atom is 0.331 e. The van der Waals surface area contributed by atoms with Crippen LogP contribution in [0.4, 0.5) is 0 Å². The van der Waals surface area contributed by atoms with Crippen molar-refractivity contribution in [3.63, 3.8) is 0 Å². The topological polar surface area (TPSA) is 98.6 Å². The van der Waals surface area contributed by atoms with Crippen LogP contribution in [0.25, 0.3) is 22.2 Å². The number of hydrogen-bond acceptors (Lipinski definition) is 5. The molecule has 4 aromatic rings. The van der Waals surface area contributed by atoms with E-state index < -0.39 is 17.4 Å². The Morgan fingerprint density at radius 3 is 2.47 bits per heavy atom. The minimum Gasteiger partial charge on any atom is -0.508 e. The van der Waals surface area contributed by atoms with Crippen molar-refractivity contribution in [3.8, 4) is 22.8 Å². The molecule has 32 heavy (non-hydrogen) atoms. The minimum absolute atomic E-state index is 0.0305. The van der Waals surface area contributed by atoms with Crippen molar-refractivity contribution >= 4 is 22.5 Å². The zero-order valence-electron chi connectivity index (χ0n) is 17.4. The summed E-state index contributed by atoms with van der Waals surface area (Å²) >= 11 is 6.08. The number of fused-ring (bicyclic) bond motifs is 3. The normalized spacial score (nSPS) is 15.8. The maximum absolute atomic E-state index is 13.3. The molecular formula is C23H20ClN3O5. The first-order valence-corrected chi connectivity index (χ1v) is 10.4. The van der Waals surface area contributed by atoms with E-state index in [1.54, 1.807) is 19.2 Å². The molecule has 2 N–H and O–H groups in total. The van der Waals surface area contributed by atoms with Crippen LogP contribution in [0.2, 0.25) is 5.02 Å². The Morgan fingerprint density at radius 1 is 1.03 bits per heavy atom. The molecule has 9 heteroatoms. The quantitative estimate of drug-likeness (QED) is 0.455. The molecule has 1 aliphatic rings. The molecular weight excluding hydrogens is 434 g/mol. The largest absolute Gasteiger partial charge is 0.508 e. The summed E-state index contributed by atoms with van der Waals surface area (Å²) < 4.78 is 10.5. The SMILES string of the molecule is Cn1c(=O)c2c(-c3ccc(Cl)cc3)n3c(c2n(C)c1=O)C(c1cc(O)ccc1O)OCC3. The summed E-state index contributed by atoms with van der Waals surface area (Å²) in [5.74, 6) is -0.0883. The van der Waals surface area contributed by atoms with Gasteiger partial charge in [0.05, 0.1) is 28.9 Å². The fourth-order valence-corrected chi connectivity index (χ4v) is 4.60. The van der Waals surface area contributed by atoms with Crippen molar-refractivity contribution in [2.45, 2.75) is 12.6 Å². The van der Waals surface area contributed by atoms with Crippen LogP contribution in [0.5, 0.6) is 11.5 Å². The smallest absolute Gasteiger partial charge is 0.331 e. The predicted molar refractivity (Wildman–Crippen MR) is 120 cm³/mol. The molecule has 1 unspecified atom stereocenters. The Balaban J connectivity index is 1.95. The molecule has 0 amide bonds. The molecule has 1 atom stereocenters. The van der Waals surface area contributed by atoms with Gasteiger partial charge in [-0.2, -0.15) is 0 Å². The molecule has 8 nitrogen and oxygen atoms in total. The molecule has 0 radical (unpaired) electrons. The van der Waals surface area contributed by atoms with Crippen molar-refractivity contribution in [2.24, 2.45) is 14.1 Å². The molecule has 164 valence electrons. The lowest BCUT2D eigenvalue weighted by Gasteiger charge is -2.28. The molecule has 0 saturated heterocycles. The summed E-state index contributed by atoms with van der Waals surface area (Å²) in [7, 11) is 3.05. The van der Waals surface area contributed by atoms with Gasteiger partial charge in [0.25, 0.3) is 5.56 Å². The van der Waals surface area contributed by atoms with E-state index in [0.717, 1.165) is 10.1 Å². The number of aromatic nitrogens is 3. The molecule has 2 aromatic heterocycles. The van der Waals surface area contributed by atoms with Gasteiger partial charge in [-0.3, -0.25) is 13.9 Å². The van der Waals surface area contributed by atoms with E-state index in [4.69, 9.17) is 16.3 Å². The third-order valence-corrected chi connectivity index (χ3v) is 6.22. The highest BCUT2D eigenvalue weighted by atomic mass is 35.5. The van der Waals surface area contributed by atoms with Gasteiger partial charge in [-0.15, -0.1) is 0 Å².